The third-order valence-electron chi connectivity index (χ3n) is 8.82. The van der Waals surface area contributed by atoms with E-state index in [-0.39, 0.29) is 35.9 Å². The minimum absolute atomic E-state index is 0.0535. The lowest BCUT2D eigenvalue weighted by Crippen LogP contribution is -2.50. The van der Waals surface area contributed by atoms with Crippen LogP contribution in [0.5, 0.6) is 0 Å². The zero-order valence-electron chi connectivity index (χ0n) is 25.9. The van der Waals surface area contributed by atoms with Crippen molar-refractivity contribution in [3.63, 3.8) is 0 Å². The van der Waals surface area contributed by atoms with Gasteiger partial charge >= 0.3 is 0 Å². The highest BCUT2D eigenvalue weighted by Gasteiger charge is 2.30. The first-order valence-electron chi connectivity index (χ1n) is 15.8. The van der Waals surface area contributed by atoms with Gasteiger partial charge in [0.15, 0.2) is 0 Å². The van der Waals surface area contributed by atoms with Crippen LogP contribution in [0.25, 0.3) is 22.0 Å². The molecule has 10 nitrogen and oxygen atoms in total. The number of benzene rings is 2. The quantitative estimate of drug-likeness (QED) is 0.285. The number of amides is 2. The summed E-state index contributed by atoms with van der Waals surface area (Å²) >= 11 is 0. The Kier molecular flexibility index (Phi) is 10.4. The molecule has 238 valence electrons. The van der Waals surface area contributed by atoms with Crippen molar-refractivity contribution in [3.05, 3.63) is 59.8 Å². The molecule has 0 radical (unpaired) electrons. The molecule has 2 saturated heterocycles. The molecule has 2 aliphatic heterocycles. The first-order valence-corrected chi connectivity index (χ1v) is 17.4. The number of rotatable bonds is 12. The predicted molar refractivity (Wildman–Crippen MR) is 175 cm³/mol. The van der Waals surface area contributed by atoms with Gasteiger partial charge in [-0.3, -0.25) is 14.5 Å². The van der Waals surface area contributed by atoms with Gasteiger partial charge < -0.3 is 20.9 Å². The number of H-pyrrole nitrogens is 1. The lowest BCUT2D eigenvalue weighted by atomic mass is 9.88. The number of hydrogen-bond donors (Lipinski definition) is 3. The number of carbonyl (C=O) groups is 2. The van der Waals surface area contributed by atoms with E-state index in [0.29, 0.717) is 26.1 Å². The van der Waals surface area contributed by atoms with E-state index in [4.69, 9.17) is 5.73 Å². The molecule has 2 aliphatic rings. The van der Waals surface area contributed by atoms with Crippen LogP contribution in [-0.2, 0) is 26.0 Å². The number of piperazine rings is 1. The summed E-state index contributed by atoms with van der Waals surface area (Å²) in [6, 6.07) is 14.4. The Bertz CT molecular complexity index is 1540. The number of nitrogens with zero attached hydrogens (tertiary/aromatic N) is 3. The van der Waals surface area contributed by atoms with Gasteiger partial charge in [0.2, 0.25) is 21.8 Å². The maximum Gasteiger partial charge on any atom is 0.234 e. The third-order valence-corrected chi connectivity index (χ3v) is 10.8. The van der Waals surface area contributed by atoms with Gasteiger partial charge in [-0.15, -0.1) is 0 Å². The largest absolute Gasteiger partial charge is 0.369 e. The lowest BCUT2D eigenvalue weighted by Gasteiger charge is -2.35. The molecule has 0 atom stereocenters. The highest BCUT2D eigenvalue weighted by Crippen LogP contribution is 2.37. The molecule has 2 fully saturated rings. The molecule has 2 amide bonds. The van der Waals surface area contributed by atoms with E-state index >= 15 is 0 Å². The number of carbonyl (C=O) groups excluding carboxylic acids is 2. The van der Waals surface area contributed by atoms with Crippen molar-refractivity contribution < 1.29 is 18.0 Å². The van der Waals surface area contributed by atoms with Crippen molar-refractivity contribution in [2.45, 2.75) is 51.5 Å². The standard InChI is InChI=1S/C33H46N6O4S/c1-24(2)36-32(41)23-38-16-14-37(15-17-38)11-6-18-44(42,43)39-12-9-26(10-13-39)30-22-35-33-28(21-31(34)40)19-27(20-29(30)33)25-7-4-3-5-8-25/h3-5,7-8,19-20,22,24,26,35H,6,9-18,21,23H2,1-2H3,(H2,34,40)(H,36,41). The molecule has 3 heterocycles. The van der Waals surface area contributed by atoms with Gasteiger partial charge in [-0.2, -0.15) is 0 Å². The van der Waals surface area contributed by atoms with E-state index < -0.39 is 10.0 Å². The minimum Gasteiger partial charge on any atom is -0.369 e. The van der Waals surface area contributed by atoms with Crippen molar-refractivity contribution in [1.82, 2.24) is 24.4 Å². The molecule has 5 rings (SSSR count). The molecule has 0 unspecified atom stereocenters. The number of aromatic nitrogens is 1. The van der Waals surface area contributed by atoms with E-state index in [1.165, 1.54) is 5.56 Å². The topological polar surface area (TPSA) is 132 Å². The number of fused-ring (bicyclic) bond motifs is 1. The highest BCUT2D eigenvalue weighted by atomic mass is 32.2. The molecule has 1 aromatic heterocycles. The van der Waals surface area contributed by atoms with Crippen LogP contribution >= 0.6 is 0 Å². The van der Waals surface area contributed by atoms with Gasteiger partial charge in [-0.25, -0.2) is 12.7 Å². The van der Waals surface area contributed by atoms with Crippen LogP contribution in [0, 0.1) is 0 Å². The zero-order chi connectivity index (χ0) is 31.3. The molecule has 0 saturated carbocycles. The van der Waals surface area contributed by atoms with Crippen molar-refractivity contribution in [2.24, 2.45) is 5.73 Å². The molecule has 0 spiro atoms. The number of hydrogen-bond acceptors (Lipinski definition) is 6. The Morgan fingerprint density at radius 3 is 2.32 bits per heavy atom. The summed E-state index contributed by atoms with van der Waals surface area (Å²) in [5.41, 5.74) is 10.7. The van der Waals surface area contributed by atoms with Crippen molar-refractivity contribution in [3.8, 4) is 11.1 Å². The summed E-state index contributed by atoms with van der Waals surface area (Å²) < 4.78 is 28.2. The Balaban J connectivity index is 1.15. The fraction of sp³-hybridized carbons (Fsp3) is 0.515. The van der Waals surface area contributed by atoms with Gasteiger partial charge in [-0.05, 0) is 80.0 Å². The van der Waals surface area contributed by atoms with E-state index in [0.717, 1.165) is 73.2 Å². The SMILES string of the molecule is CC(C)NC(=O)CN1CCN(CCCS(=O)(=O)N2CCC(c3c[nH]c4c(CC(N)=O)cc(-c5ccccc5)cc34)CC2)CC1. The van der Waals surface area contributed by atoms with Gasteiger partial charge in [0, 0.05) is 62.4 Å². The van der Waals surface area contributed by atoms with Gasteiger partial charge in [0.25, 0.3) is 0 Å². The van der Waals surface area contributed by atoms with Crippen LogP contribution in [0.2, 0.25) is 0 Å². The summed E-state index contributed by atoms with van der Waals surface area (Å²) in [5.74, 6) is 0.0532. The van der Waals surface area contributed by atoms with Crippen LogP contribution in [0.3, 0.4) is 0 Å². The molecule has 0 bridgehead atoms. The smallest absolute Gasteiger partial charge is 0.234 e. The first-order chi connectivity index (χ1) is 21.1. The summed E-state index contributed by atoms with van der Waals surface area (Å²) in [4.78, 5) is 31.8. The maximum atomic E-state index is 13.2. The van der Waals surface area contributed by atoms with E-state index in [9.17, 15) is 18.0 Å². The van der Waals surface area contributed by atoms with Crippen LogP contribution in [-0.4, -0.2) is 103 Å². The Hall–Kier alpha value is -3.25. The number of primary amides is 1. The van der Waals surface area contributed by atoms with Crippen LogP contribution in [0.4, 0.5) is 0 Å². The van der Waals surface area contributed by atoms with Gasteiger partial charge in [-0.1, -0.05) is 30.3 Å². The van der Waals surface area contributed by atoms with Crippen LogP contribution in [0.15, 0.2) is 48.7 Å². The Morgan fingerprint density at radius 1 is 0.977 bits per heavy atom. The molecule has 4 N–H and O–H groups in total. The van der Waals surface area contributed by atoms with Crippen LogP contribution in [0.1, 0.15) is 50.2 Å². The molecule has 0 aliphatic carbocycles. The minimum atomic E-state index is -3.34. The number of nitrogens with two attached hydrogens (primary N) is 1. The van der Waals surface area contributed by atoms with Crippen molar-refractivity contribution in [1.29, 1.82) is 0 Å². The molecular formula is C33H46N6O4S. The molecule has 3 aromatic rings. The number of piperidine rings is 1. The average Bonchev–Trinajstić information content (AvgIpc) is 3.42. The second kappa shape index (κ2) is 14.2. The molecule has 44 heavy (non-hydrogen) atoms. The Labute approximate surface area is 261 Å². The zero-order valence-corrected chi connectivity index (χ0v) is 26.7. The summed E-state index contributed by atoms with van der Waals surface area (Å²) in [6.45, 7) is 9.41. The fourth-order valence-corrected chi connectivity index (χ4v) is 8.10. The molecule has 2 aromatic carbocycles. The van der Waals surface area contributed by atoms with Gasteiger partial charge in [0.1, 0.15) is 0 Å². The number of nitrogens with one attached hydrogen (secondary N) is 2. The second-order valence-electron chi connectivity index (χ2n) is 12.5. The summed E-state index contributed by atoms with van der Waals surface area (Å²) in [5, 5.41) is 4.01. The van der Waals surface area contributed by atoms with Gasteiger partial charge in [0.05, 0.1) is 18.7 Å². The summed E-state index contributed by atoms with van der Waals surface area (Å²) in [6.07, 6.45) is 4.27. The lowest BCUT2D eigenvalue weighted by molar-refractivity contribution is -0.123. The number of aromatic amines is 1. The van der Waals surface area contributed by atoms with Crippen molar-refractivity contribution >= 4 is 32.7 Å². The van der Waals surface area contributed by atoms with Crippen molar-refractivity contribution in [2.75, 3.05) is 58.1 Å². The van der Waals surface area contributed by atoms with E-state index in [1.54, 1.807) is 4.31 Å². The normalized spacial score (nSPS) is 17.8. The fourth-order valence-electron chi connectivity index (χ4n) is 6.58. The summed E-state index contributed by atoms with van der Waals surface area (Å²) in [7, 11) is -3.34. The maximum absolute atomic E-state index is 13.2. The average molecular weight is 623 g/mol. The third kappa shape index (κ3) is 8.06. The number of sulfonamides is 1. The molecule has 11 heteroatoms. The highest BCUT2D eigenvalue weighted by molar-refractivity contribution is 7.89. The monoisotopic (exact) mass is 622 g/mol. The van der Waals surface area contributed by atoms with Crippen LogP contribution < -0.4 is 11.1 Å². The van der Waals surface area contributed by atoms with E-state index in [2.05, 4.69) is 38.3 Å². The predicted octanol–water partition coefficient (Wildman–Crippen LogP) is 2.90. The first kappa shape index (κ1) is 32.2. The van der Waals surface area contributed by atoms with E-state index in [1.807, 2.05) is 44.3 Å². The second-order valence-corrected chi connectivity index (χ2v) is 14.6. The Morgan fingerprint density at radius 2 is 1.66 bits per heavy atom. The molecular weight excluding hydrogens is 576 g/mol.